The van der Waals surface area contributed by atoms with E-state index in [9.17, 15) is 4.39 Å². The van der Waals surface area contributed by atoms with Crippen LogP contribution in [0.15, 0.2) is 5.16 Å². The van der Waals surface area contributed by atoms with Crippen LogP contribution in [0.2, 0.25) is 5.15 Å². The third kappa shape index (κ3) is 2.55. The topological polar surface area (TPSA) is 45.2 Å². The van der Waals surface area contributed by atoms with Gasteiger partial charge in [-0.3, -0.25) is 5.01 Å². The van der Waals surface area contributed by atoms with Crippen molar-refractivity contribution >= 4 is 40.1 Å². The Hall–Kier alpha value is -1.18. The molecule has 0 amide bonds. The Morgan fingerprint density at radius 3 is 2.74 bits per heavy atom. The van der Waals surface area contributed by atoms with Crippen molar-refractivity contribution in [2.45, 2.75) is 30.8 Å². The van der Waals surface area contributed by atoms with Crippen molar-refractivity contribution in [1.29, 1.82) is 0 Å². The highest BCUT2D eigenvalue weighted by Gasteiger charge is 2.29. The van der Waals surface area contributed by atoms with Crippen LogP contribution in [0.1, 0.15) is 25.0 Å². The van der Waals surface area contributed by atoms with Gasteiger partial charge in [0.25, 0.3) is 0 Å². The van der Waals surface area contributed by atoms with E-state index in [0.717, 1.165) is 44.0 Å². The van der Waals surface area contributed by atoms with Crippen LogP contribution in [0.5, 0.6) is 0 Å². The molecule has 0 unspecified atom stereocenters. The molecular weight excluding hydrogens is 337 g/mol. The van der Waals surface area contributed by atoms with Crippen molar-refractivity contribution in [1.82, 2.24) is 20.0 Å². The molecule has 0 saturated carbocycles. The first kappa shape index (κ1) is 15.4. The molecule has 0 spiro atoms. The molecule has 5 nitrogen and oxygen atoms in total. The van der Waals surface area contributed by atoms with Gasteiger partial charge in [-0.1, -0.05) is 29.8 Å². The fourth-order valence-corrected chi connectivity index (χ4v) is 3.89. The molecule has 23 heavy (non-hydrogen) atoms. The summed E-state index contributed by atoms with van der Waals surface area (Å²) in [6.45, 7) is 2.73. The molecule has 2 aliphatic rings. The minimum Gasteiger partial charge on any atom is -0.289 e. The van der Waals surface area contributed by atoms with E-state index in [2.05, 4.69) is 20.0 Å². The maximum absolute atomic E-state index is 14.5. The maximum Gasteiger partial charge on any atom is 0.189 e. The Morgan fingerprint density at radius 2 is 1.91 bits per heavy atom. The number of anilines is 1. The molecule has 0 N–H and O–H groups in total. The quantitative estimate of drug-likeness (QED) is 0.445. The van der Waals surface area contributed by atoms with Crippen LogP contribution in [-0.2, 0) is 6.42 Å². The Kier molecular flexibility index (Phi) is 4.03. The van der Waals surface area contributed by atoms with E-state index in [1.165, 1.54) is 24.6 Å². The van der Waals surface area contributed by atoms with Crippen molar-refractivity contribution < 1.29 is 4.39 Å². The lowest BCUT2D eigenvalue weighted by Crippen LogP contribution is -2.43. The lowest BCUT2D eigenvalue weighted by Gasteiger charge is -2.33. The summed E-state index contributed by atoms with van der Waals surface area (Å²) in [6.07, 6.45) is 6.10. The lowest BCUT2D eigenvalue weighted by atomic mass is 10.1. The number of halogens is 2. The minimum absolute atomic E-state index is 0.101. The van der Waals surface area contributed by atoms with E-state index >= 15 is 0 Å². The van der Waals surface area contributed by atoms with Gasteiger partial charge in [-0.15, -0.1) is 0 Å². The van der Waals surface area contributed by atoms with Crippen LogP contribution in [0.4, 0.5) is 10.2 Å². The van der Waals surface area contributed by atoms with Gasteiger partial charge in [-0.2, -0.15) is 0 Å². The zero-order valence-corrected chi connectivity index (χ0v) is 14.4. The van der Waals surface area contributed by atoms with Crippen LogP contribution in [-0.4, -0.2) is 45.9 Å². The van der Waals surface area contributed by atoms with Crippen LogP contribution in [0.3, 0.4) is 0 Å². The largest absolute Gasteiger partial charge is 0.289 e. The summed E-state index contributed by atoms with van der Waals surface area (Å²) in [5.41, 5.74) is 1.09. The summed E-state index contributed by atoms with van der Waals surface area (Å²) in [7, 11) is 0. The van der Waals surface area contributed by atoms with Crippen molar-refractivity contribution in [2.75, 3.05) is 30.9 Å². The fourth-order valence-electron chi connectivity index (χ4n) is 3.34. The van der Waals surface area contributed by atoms with E-state index in [4.69, 9.17) is 16.6 Å². The number of fused-ring (bicyclic) bond motifs is 2. The number of pyridine rings is 1. The maximum atomic E-state index is 14.5. The highest BCUT2D eigenvalue weighted by atomic mass is 35.5. The highest BCUT2D eigenvalue weighted by Crippen LogP contribution is 2.36. The number of nitrogens with zero attached hydrogens (tertiary/aromatic N) is 5. The second-order valence-corrected chi connectivity index (χ2v) is 6.94. The number of rotatable bonds is 1. The normalized spacial score (nSPS) is 18.7. The summed E-state index contributed by atoms with van der Waals surface area (Å²) in [6, 6.07) is 0. The van der Waals surface area contributed by atoms with Gasteiger partial charge in [0, 0.05) is 26.1 Å². The lowest BCUT2D eigenvalue weighted by molar-refractivity contribution is 0.265. The van der Waals surface area contributed by atoms with Gasteiger partial charge in [0.1, 0.15) is 5.52 Å². The van der Waals surface area contributed by atoms with Gasteiger partial charge < -0.3 is 0 Å². The van der Waals surface area contributed by atoms with E-state index < -0.39 is 5.82 Å². The highest BCUT2D eigenvalue weighted by molar-refractivity contribution is 7.98. The van der Waals surface area contributed by atoms with Crippen LogP contribution >= 0.6 is 23.4 Å². The third-order valence-corrected chi connectivity index (χ3v) is 5.24. The first-order valence-electron chi connectivity index (χ1n) is 7.81. The number of thioether (sulfide) groups is 1. The molecular formula is C15H17ClFN5S. The summed E-state index contributed by atoms with van der Waals surface area (Å²) >= 11 is 7.41. The molecule has 0 aliphatic carbocycles. The molecule has 0 atom stereocenters. The molecule has 1 saturated heterocycles. The first-order valence-corrected chi connectivity index (χ1v) is 9.41. The van der Waals surface area contributed by atoms with Gasteiger partial charge in [-0.25, -0.2) is 24.4 Å². The molecule has 4 heterocycles. The third-order valence-electron chi connectivity index (χ3n) is 4.44. The molecule has 2 aromatic heterocycles. The van der Waals surface area contributed by atoms with Gasteiger partial charge in [0.05, 0.1) is 11.1 Å². The molecule has 0 radical (unpaired) electrons. The number of hydrogen-bond acceptors (Lipinski definition) is 6. The molecule has 2 aromatic rings. The standard InChI is InChI=1S/C15H17ClFN5S/c1-23-15-19-12-10-9(18-13(16)11(12)17)5-8-21-6-3-2-4-7-22(21)14(10)20-15/h2-8H2,1H3. The van der Waals surface area contributed by atoms with Gasteiger partial charge in [-0.05, 0) is 19.1 Å². The average Bonchev–Trinajstić information content (AvgIpc) is 2.87. The van der Waals surface area contributed by atoms with Gasteiger partial charge in [0.15, 0.2) is 21.9 Å². The Bertz CT molecular complexity index is 771. The molecule has 8 heteroatoms. The second-order valence-electron chi connectivity index (χ2n) is 5.81. The van der Waals surface area contributed by atoms with E-state index in [0.29, 0.717) is 16.1 Å². The number of hydrazine groups is 1. The van der Waals surface area contributed by atoms with Crippen LogP contribution in [0.25, 0.3) is 10.9 Å². The van der Waals surface area contributed by atoms with Crippen LogP contribution < -0.4 is 5.01 Å². The van der Waals surface area contributed by atoms with Crippen molar-refractivity contribution in [3.05, 3.63) is 16.7 Å². The summed E-state index contributed by atoms with van der Waals surface area (Å²) in [5, 5.41) is 5.69. The summed E-state index contributed by atoms with van der Waals surface area (Å²) in [5.74, 6) is 0.226. The zero-order valence-electron chi connectivity index (χ0n) is 12.8. The average molecular weight is 354 g/mol. The number of hydrogen-bond donors (Lipinski definition) is 0. The summed E-state index contributed by atoms with van der Waals surface area (Å²) < 4.78 is 14.5. The Labute approximate surface area is 143 Å². The van der Waals surface area contributed by atoms with E-state index in [-0.39, 0.29) is 5.15 Å². The molecule has 122 valence electrons. The molecule has 2 aliphatic heterocycles. The van der Waals surface area contributed by atoms with E-state index in [1.54, 1.807) is 0 Å². The van der Waals surface area contributed by atoms with E-state index in [1.807, 2.05) is 6.26 Å². The second kappa shape index (κ2) is 6.03. The number of aromatic nitrogens is 3. The Balaban J connectivity index is 2.02. The predicted octanol–water partition coefficient (Wildman–Crippen LogP) is 3.30. The van der Waals surface area contributed by atoms with Gasteiger partial charge in [0.2, 0.25) is 0 Å². The van der Waals surface area contributed by atoms with Crippen molar-refractivity contribution in [3.8, 4) is 0 Å². The monoisotopic (exact) mass is 353 g/mol. The molecule has 4 rings (SSSR count). The molecule has 0 aromatic carbocycles. The van der Waals surface area contributed by atoms with Crippen LogP contribution in [0, 0.1) is 5.82 Å². The fraction of sp³-hybridized carbons (Fsp3) is 0.533. The SMILES string of the molecule is CSc1nc2c3c(nc(Cl)c(F)c3n1)CCN1CCCCCN21. The zero-order chi connectivity index (χ0) is 16.0. The molecule has 1 fully saturated rings. The summed E-state index contributed by atoms with van der Waals surface area (Å²) in [4.78, 5) is 13.3. The first-order chi connectivity index (χ1) is 11.2. The molecule has 0 bridgehead atoms. The van der Waals surface area contributed by atoms with Crippen molar-refractivity contribution in [2.24, 2.45) is 0 Å². The minimum atomic E-state index is -0.548. The Morgan fingerprint density at radius 1 is 1.09 bits per heavy atom. The van der Waals surface area contributed by atoms with Crippen molar-refractivity contribution in [3.63, 3.8) is 0 Å². The predicted molar refractivity (Wildman–Crippen MR) is 90.6 cm³/mol. The van der Waals surface area contributed by atoms with Gasteiger partial charge >= 0.3 is 0 Å². The smallest absolute Gasteiger partial charge is 0.189 e.